The van der Waals surface area contributed by atoms with E-state index in [9.17, 15) is 0 Å². The van der Waals surface area contributed by atoms with Crippen LogP contribution in [0.5, 0.6) is 0 Å². The van der Waals surface area contributed by atoms with Crippen molar-refractivity contribution >= 4 is 0 Å². The monoisotopic (exact) mass is 143 g/mol. The van der Waals surface area contributed by atoms with Crippen molar-refractivity contribution in [2.24, 2.45) is 11.7 Å². The third kappa shape index (κ3) is 2.67. The van der Waals surface area contributed by atoms with E-state index < -0.39 is 0 Å². The van der Waals surface area contributed by atoms with Crippen molar-refractivity contribution < 1.29 is 4.74 Å². The van der Waals surface area contributed by atoms with Gasteiger partial charge >= 0.3 is 0 Å². The quantitative estimate of drug-likeness (QED) is 0.640. The minimum atomic E-state index is 0.195. The first kappa shape index (κ1) is 8.02. The largest absolute Gasteiger partial charge is 0.380 e. The van der Waals surface area contributed by atoms with Gasteiger partial charge in [0.1, 0.15) is 0 Å². The van der Waals surface area contributed by atoms with Crippen LogP contribution in [0.25, 0.3) is 0 Å². The van der Waals surface area contributed by atoms with Gasteiger partial charge in [-0.05, 0) is 25.7 Å². The van der Waals surface area contributed by atoms with Gasteiger partial charge in [-0.2, -0.15) is 0 Å². The van der Waals surface area contributed by atoms with Gasteiger partial charge in [0.15, 0.2) is 0 Å². The summed E-state index contributed by atoms with van der Waals surface area (Å²) in [6.07, 6.45) is 4.12. The van der Waals surface area contributed by atoms with E-state index >= 15 is 0 Å². The minimum Gasteiger partial charge on any atom is -0.380 e. The van der Waals surface area contributed by atoms with Gasteiger partial charge in [0.25, 0.3) is 0 Å². The fourth-order valence-electron chi connectivity index (χ4n) is 1.08. The lowest BCUT2D eigenvalue weighted by atomic mass is 9.86. The Kier molecular flexibility index (Phi) is 3.16. The Morgan fingerprint density at radius 1 is 1.60 bits per heavy atom. The van der Waals surface area contributed by atoms with Crippen molar-refractivity contribution in [3.63, 3.8) is 0 Å². The summed E-state index contributed by atoms with van der Waals surface area (Å²) >= 11 is 0. The van der Waals surface area contributed by atoms with Gasteiger partial charge in [-0.15, -0.1) is 0 Å². The van der Waals surface area contributed by atoms with Crippen LogP contribution in [0.1, 0.15) is 26.2 Å². The second-order valence-electron chi connectivity index (χ2n) is 3.31. The maximum atomic E-state index is 5.51. The number of nitrogens with two attached hydrogens (primary N) is 1. The van der Waals surface area contributed by atoms with Gasteiger partial charge in [-0.25, -0.2) is 0 Å². The Morgan fingerprint density at radius 3 is 2.70 bits per heavy atom. The van der Waals surface area contributed by atoms with E-state index in [0.717, 1.165) is 19.1 Å². The molecule has 2 nitrogen and oxygen atoms in total. The Balaban J connectivity index is 1.85. The highest BCUT2D eigenvalue weighted by Crippen LogP contribution is 2.26. The second-order valence-corrected chi connectivity index (χ2v) is 3.31. The van der Waals surface area contributed by atoms with E-state index in [2.05, 4.69) is 0 Å². The van der Waals surface area contributed by atoms with E-state index in [0.29, 0.717) is 0 Å². The number of hydrogen-bond acceptors (Lipinski definition) is 2. The molecule has 1 rings (SSSR count). The normalized spacial score (nSPS) is 22.2. The molecule has 0 amide bonds. The fraction of sp³-hybridized carbons (Fsp3) is 1.00. The molecule has 0 aromatic carbocycles. The molecule has 0 radical (unpaired) electrons. The molecule has 1 fully saturated rings. The lowest BCUT2D eigenvalue weighted by Crippen LogP contribution is -2.25. The molecule has 0 heterocycles. The van der Waals surface area contributed by atoms with Crippen LogP contribution in [0.2, 0.25) is 0 Å². The summed E-state index contributed by atoms with van der Waals surface area (Å²) in [5.41, 5.74) is 5.51. The molecule has 2 N–H and O–H groups in total. The van der Waals surface area contributed by atoms with Crippen molar-refractivity contribution in [2.45, 2.75) is 32.2 Å². The SMILES string of the molecule is CC(N)COCC1CCC1. The molecular weight excluding hydrogens is 126 g/mol. The summed E-state index contributed by atoms with van der Waals surface area (Å²) < 4.78 is 5.37. The summed E-state index contributed by atoms with van der Waals surface area (Å²) in [5, 5.41) is 0. The van der Waals surface area contributed by atoms with E-state index in [1.54, 1.807) is 0 Å². The van der Waals surface area contributed by atoms with Crippen molar-refractivity contribution in [2.75, 3.05) is 13.2 Å². The molecule has 1 saturated carbocycles. The van der Waals surface area contributed by atoms with Gasteiger partial charge in [-0.1, -0.05) is 6.42 Å². The second kappa shape index (κ2) is 3.94. The zero-order valence-corrected chi connectivity index (χ0v) is 6.68. The minimum absolute atomic E-state index is 0.195. The number of rotatable bonds is 4. The molecule has 0 spiro atoms. The van der Waals surface area contributed by atoms with Crippen molar-refractivity contribution in [3.8, 4) is 0 Å². The predicted octanol–water partition coefficient (Wildman–Crippen LogP) is 1.15. The van der Waals surface area contributed by atoms with Crippen LogP contribution in [0, 0.1) is 5.92 Å². The van der Waals surface area contributed by atoms with Crippen LogP contribution in [0.4, 0.5) is 0 Å². The first-order chi connectivity index (χ1) is 4.79. The highest BCUT2D eigenvalue weighted by atomic mass is 16.5. The standard InChI is InChI=1S/C8H17NO/c1-7(9)5-10-6-8-3-2-4-8/h7-8H,2-6,9H2,1H3. The zero-order chi connectivity index (χ0) is 7.40. The molecule has 1 aliphatic carbocycles. The molecule has 0 saturated heterocycles. The molecule has 10 heavy (non-hydrogen) atoms. The number of ether oxygens (including phenoxy) is 1. The molecule has 0 aromatic rings. The Hall–Kier alpha value is -0.0800. The predicted molar refractivity (Wildman–Crippen MR) is 41.8 cm³/mol. The van der Waals surface area contributed by atoms with E-state index in [1.165, 1.54) is 19.3 Å². The van der Waals surface area contributed by atoms with Gasteiger partial charge < -0.3 is 10.5 Å². The van der Waals surface area contributed by atoms with Gasteiger partial charge in [0.2, 0.25) is 0 Å². The van der Waals surface area contributed by atoms with Crippen LogP contribution in [0.3, 0.4) is 0 Å². The Morgan fingerprint density at radius 2 is 2.30 bits per heavy atom. The maximum Gasteiger partial charge on any atom is 0.0614 e. The molecule has 1 unspecified atom stereocenters. The Bertz CT molecular complexity index is 89.3. The fourth-order valence-corrected chi connectivity index (χ4v) is 1.08. The first-order valence-electron chi connectivity index (χ1n) is 4.12. The summed E-state index contributed by atoms with van der Waals surface area (Å²) in [6, 6.07) is 0.195. The lowest BCUT2D eigenvalue weighted by molar-refractivity contribution is 0.0643. The molecule has 60 valence electrons. The average Bonchev–Trinajstić information content (AvgIpc) is 1.75. The van der Waals surface area contributed by atoms with Crippen LogP contribution in [0.15, 0.2) is 0 Å². The average molecular weight is 143 g/mol. The highest BCUT2D eigenvalue weighted by Gasteiger charge is 2.16. The topological polar surface area (TPSA) is 35.2 Å². The summed E-state index contributed by atoms with van der Waals surface area (Å²) in [6.45, 7) is 3.62. The van der Waals surface area contributed by atoms with Gasteiger partial charge in [0.05, 0.1) is 6.61 Å². The third-order valence-electron chi connectivity index (χ3n) is 1.96. The maximum absolute atomic E-state index is 5.51. The molecule has 2 heteroatoms. The van der Waals surface area contributed by atoms with Crippen LogP contribution < -0.4 is 5.73 Å². The molecule has 1 atom stereocenters. The summed E-state index contributed by atoms with van der Waals surface area (Å²) in [5.74, 6) is 0.846. The van der Waals surface area contributed by atoms with E-state index in [4.69, 9.17) is 10.5 Å². The molecule has 0 aromatic heterocycles. The molecular formula is C8H17NO. The molecule has 0 aliphatic heterocycles. The highest BCUT2D eigenvalue weighted by molar-refractivity contribution is 4.68. The van der Waals surface area contributed by atoms with Gasteiger partial charge in [-0.3, -0.25) is 0 Å². The van der Waals surface area contributed by atoms with Crippen LogP contribution >= 0.6 is 0 Å². The Labute approximate surface area is 62.7 Å². The molecule has 0 bridgehead atoms. The smallest absolute Gasteiger partial charge is 0.0614 e. The van der Waals surface area contributed by atoms with E-state index in [1.807, 2.05) is 6.92 Å². The van der Waals surface area contributed by atoms with E-state index in [-0.39, 0.29) is 6.04 Å². The molecule has 1 aliphatic rings. The first-order valence-corrected chi connectivity index (χ1v) is 4.12. The summed E-state index contributed by atoms with van der Waals surface area (Å²) in [7, 11) is 0. The van der Waals surface area contributed by atoms with Crippen LogP contribution in [-0.4, -0.2) is 19.3 Å². The van der Waals surface area contributed by atoms with Crippen molar-refractivity contribution in [3.05, 3.63) is 0 Å². The van der Waals surface area contributed by atoms with Crippen molar-refractivity contribution in [1.82, 2.24) is 0 Å². The van der Waals surface area contributed by atoms with Crippen molar-refractivity contribution in [1.29, 1.82) is 0 Å². The third-order valence-corrected chi connectivity index (χ3v) is 1.96. The number of hydrogen-bond donors (Lipinski definition) is 1. The lowest BCUT2D eigenvalue weighted by Gasteiger charge is -2.25. The summed E-state index contributed by atoms with van der Waals surface area (Å²) in [4.78, 5) is 0. The zero-order valence-electron chi connectivity index (χ0n) is 6.68. The van der Waals surface area contributed by atoms with Crippen LogP contribution in [-0.2, 0) is 4.74 Å². The van der Waals surface area contributed by atoms with Gasteiger partial charge in [0, 0.05) is 12.6 Å².